The van der Waals surface area contributed by atoms with Crippen LogP contribution >= 0.6 is 0 Å². The Morgan fingerprint density at radius 3 is 1.68 bits per heavy atom. The number of nitrogens with two attached hydrogens (primary N) is 1. The van der Waals surface area contributed by atoms with E-state index in [1.807, 2.05) is 54.6 Å². The van der Waals surface area contributed by atoms with Crippen LogP contribution in [0.4, 0.5) is 5.69 Å². The Bertz CT molecular complexity index is 1780. The molecule has 4 aromatic rings. The molecular formula is C18H13NOS14. The van der Waals surface area contributed by atoms with Gasteiger partial charge in [-0.15, -0.1) is 0 Å². The van der Waals surface area contributed by atoms with Gasteiger partial charge < -0.3 is 10.2 Å². The highest BCUT2D eigenvalue weighted by atomic mass is 33.5. The molecule has 180 valence electrons. The molecule has 0 unspecified atom stereocenters. The Morgan fingerprint density at radius 2 is 1.09 bits per heavy atom. The minimum atomic E-state index is 0.776. The van der Waals surface area contributed by atoms with E-state index >= 15 is 0 Å². The second-order valence-corrected chi connectivity index (χ2v) is 26.9. The van der Waals surface area contributed by atoms with Crippen molar-refractivity contribution >= 4 is 157 Å². The molecule has 34 heavy (non-hydrogen) atoms. The molecule has 4 rings (SSSR count). The molecule has 0 radical (unpaired) electrons. The van der Waals surface area contributed by atoms with E-state index in [-0.39, 0.29) is 0 Å². The Hall–Kier alpha value is 0.340. The topological polar surface area (TPSA) is 39.2 Å². The normalized spacial score (nSPS) is 9.53. The summed E-state index contributed by atoms with van der Waals surface area (Å²) in [6.45, 7) is 0. The quantitative estimate of drug-likeness (QED) is 0.289. The largest absolute Gasteiger partial charge is 0.456 e. The fourth-order valence-corrected chi connectivity index (χ4v) is 30.2. The van der Waals surface area contributed by atoms with Gasteiger partial charge in [-0.25, -0.2) is 0 Å². The molecule has 0 aliphatic rings. The zero-order valence-electron chi connectivity index (χ0n) is 16.6. The van der Waals surface area contributed by atoms with Crippen LogP contribution in [0, 0.1) is 0 Å². The highest BCUT2D eigenvalue weighted by molar-refractivity contribution is 8.76. The highest BCUT2D eigenvalue weighted by Crippen LogP contribution is 2.36. The Morgan fingerprint density at radius 1 is 0.559 bits per heavy atom. The molecule has 0 saturated carbocycles. The van der Waals surface area contributed by atoms with Gasteiger partial charge in [0.1, 0.15) is 11.2 Å². The fraction of sp³-hybridized carbons (Fsp3) is 0. The van der Waals surface area contributed by atoms with E-state index < -0.39 is 0 Å². The second kappa shape index (κ2) is 17.0. The summed E-state index contributed by atoms with van der Waals surface area (Å²) in [5.41, 5.74) is 10.7. The zero-order valence-corrected chi connectivity index (χ0v) is 28.0. The average molecular weight is 708 g/mol. The molecule has 2 N–H and O–H groups in total. The number of anilines is 1. The molecule has 0 bridgehead atoms. The van der Waals surface area contributed by atoms with Crippen LogP contribution in [0.2, 0.25) is 0 Å². The standard InChI is InChI=1S/C18H13NO.S14/c19-13-10-8-12(9-11-13)14-5-3-7-17-18(14)15-4-1-2-6-16(15)20-17;1-3-5-7-9-11-13-14-12-10-8-6-4-2/h1-11H,19H2;. The number of para-hydroxylation sites is 1. The molecule has 1 aromatic heterocycles. The molecule has 0 spiro atoms. The van der Waals surface area contributed by atoms with Gasteiger partial charge in [-0.3, -0.25) is 0 Å². The first kappa shape index (κ1) is 28.9. The predicted molar refractivity (Wildman–Crippen MR) is 187 cm³/mol. The van der Waals surface area contributed by atoms with Crippen molar-refractivity contribution in [3.8, 4) is 11.1 Å². The third kappa shape index (κ3) is 9.33. The van der Waals surface area contributed by atoms with E-state index in [2.05, 4.69) is 12.1 Å². The molecule has 2 nitrogen and oxygen atoms in total. The van der Waals surface area contributed by atoms with Crippen molar-refractivity contribution in [2.45, 2.75) is 0 Å². The minimum absolute atomic E-state index is 0.776. The van der Waals surface area contributed by atoms with E-state index in [0.717, 1.165) is 33.2 Å². The van der Waals surface area contributed by atoms with Gasteiger partial charge >= 0.3 is 0 Å². The van der Waals surface area contributed by atoms with Crippen LogP contribution < -0.4 is 5.73 Å². The van der Waals surface area contributed by atoms with Gasteiger partial charge in [0.2, 0.25) is 0 Å². The first-order valence-corrected chi connectivity index (χ1v) is 26.1. The zero-order chi connectivity index (χ0) is 24.0. The first-order valence-electron chi connectivity index (χ1n) is 8.76. The molecule has 0 atom stereocenters. The van der Waals surface area contributed by atoms with Crippen LogP contribution in [-0.4, -0.2) is 0 Å². The lowest BCUT2D eigenvalue weighted by Gasteiger charge is -2.04. The number of fused-ring (bicyclic) bond motifs is 3. The summed E-state index contributed by atoms with van der Waals surface area (Å²) in [6.07, 6.45) is 0. The van der Waals surface area contributed by atoms with Gasteiger partial charge in [-0.1, -0.05) is 42.5 Å². The van der Waals surface area contributed by atoms with Gasteiger partial charge in [0, 0.05) is 145 Å². The Kier molecular flexibility index (Phi) is 14.4. The molecule has 0 amide bonds. The van der Waals surface area contributed by atoms with Crippen LogP contribution in [0.15, 0.2) is 71.1 Å². The average Bonchev–Trinajstić information content (AvgIpc) is 3.25. The Labute approximate surface area is 241 Å². The number of benzene rings is 3. The lowest BCUT2D eigenvalue weighted by molar-refractivity contribution is 0.669. The van der Waals surface area contributed by atoms with Crippen LogP contribution in [0.3, 0.4) is 0 Å². The highest BCUT2D eigenvalue weighted by Gasteiger charge is 2.11. The summed E-state index contributed by atoms with van der Waals surface area (Å²) in [4.78, 5) is 0. The molecule has 3 aromatic carbocycles. The smallest absolute Gasteiger partial charge is 0.136 e. The molecule has 0 aliphatic heterocycles. The predicted octanol–water partition coefficient (Wildman–Crippen LogP) is 4.80. The molecule has 0 fully saturated rings. The van der Waals surface area contributed by atoms with Crippen LogP contribution in [-0.2, 0) is 129 Å². The lowest BCUT2D eigenvalue weighted by atomic mass is 9.99. The van der Waals surface area contributed by atoms with Crippen molar-refractivity contribution in [2.24, 2.45) is 0 Å². The number of hydrogen-bond donors (Lipinski definition) is 1. The summed E-state index contributed by atoms with van der Waals surface area (Å²) >= 11 is 9.43. The maximum atomic E-state index is 5.91. The second-order valence-electron chi connectivity index (χ2n) is 5.72. The monoisotopic (exact) mass is 707 g/mol. The van der Waals surface area contributed by atoms with Gasteiger partial charge in [0.05, 0.1) is 0 Å². The van der Waals surface area contributed by atoms with Crippen molar-refractivity contribution in [1.29, 1.82) is 0 Å². The minimum Gasteiger partial charge on any atom is -0.456 e. The van der Waals surface area contributed by atoms with E-state index in [4.69, 9.17) is 32.5 Å². The number of hydrogen-bond acceptors (Lipinski definition) is 4. The Balaban J connectivity index is 0.000000206. The van der Waals surface area contributed by atoms with Gasteiger partial charge in [0.25, 0.3) is 0 Å². The molecular weight excluding hydrogens is 695 g/mol. The third-order valence-corrected chi connectivity index (χ3v) is 28.4. The first-order chi connectivity index (χ1) is 16.7. The summed E-state index contributed by atoms with van der Waals surface area (Å²) in [6, 6.07) is 22.2. The summed E-state index contributed by atoms with van der Waals surface area (Å²) < 4.78 is 5.91. The van der Waals surface area contributed by atoms with Crippen LogP contribution in [0.5, 0.6) is 0 Å². The fourth-order valence-electron chi connectivity index (χ4n) is 2.79. The van der Waals surface area contributed by atoms with Gasteiger partial charge in [0.15, 0.2) is 0 Å². The van der Waals surface area contributed by atoms with Crippen molar-refractivity contribution < 1.29 is 4.42 Å². The van der Waals surface area contributed by atoms with Crippen molar-refractivity contribution in [2.75, 3.05) is 5.73 Å². The molecule has 1 heterocycles. The van der Waals surface area contributed by atoms with E-state index in [9.17, 15) is 0 Å². The number of furan rings is 1. The van der Waals surface area contributed by atoms with Crippen molar-refractivity contribution in [3.05, 3.63) is 66.7 Å². The van der Waals surface area contributed by atoms with E-state index in [1.165, 1.54) is 23.3 Å². The van der Waals surface area contributed by atoms with Crippen molar-refractivity contribution in [3.63, 3.8) is 0 Å². The van der Waals surface area contributed by atoms with Crippen LogP contribution in [0.25, 0.3) is 33.1 Å². The maximum Gasteiger partial charge on any atom is 0.136 e. The lowest BCUT2D eigenvalue weighted by Crippen LogP contribution is -1.84. The number of rotatable bonds is 1. The van der Waals surface area contributed by atoms with Crippen molar-refractivity contribution in [1.82, 2.24) is 0 Å². The molecule has 0 saturated heterocycles. The third-order valence-electron chi connectivity index (χ3n) is 3.93. The molecule has 0 aliphatic carbocycles. The molecule has 16 heteroatoms. The van der Waals surface area contributed by atoms with E-state index in [0.29, 0.717) is 0 Å². The summed E-state index contributed by atoms with van der Waals surface area (Å²) in [5.74, 6) is 0. The van der Waals surface area contributed by atoms with Gasteiger partial charge in [-0.2, -0.15) is 0 Å². The summed E-state index contributed by atoms with van der Waals surface area (Å²) in [5, 5.41) is 2.31. The number of nitrogen functional groups attached to an aromatic ring is 1. The van der Waals surface area contributed by atoms with Gasteiger partial charge in [-0.05, 0) is 35.4 Å². The SMILES string of the molecule is Nc1ccc(-c2cccc3oc4ccccc4c23)cc1.S=S=S=S=S=S=S=S=S=S=S=S=S=S. The maximum absolute atomic E-state index is 5.91. The summed E-state index contributed by atoms with van der Waals surface area (Å²) in [7, 11) is 19.9. The van der Waals surface area contributed by atoms with Crippen LogP contribution in [0.1, 0.15) is 0 Å². The van der Waals surface area contributed by atoms with E-state index in [1.54, 1.807) is 88.8 Å².